The molecule has 0 heterocycles. The Balaban J connectivity index is 2.01. The molecule has 0 aromatic heterocycles. The van der Waals surface area contributed by atoms with Crippen molar-refractivity contribution in [1.29, 1.82) is 0 Å². The minimum absolute atomic E-state index is 0.313. The first-order valence-electron chi connectivity index (χ1n) is 6.97. The van der Waals surface area contributed by atoms with Crippen molar-refractivity contribution in [3.05, 3.63) is 33.8 Å². The lowest BCUT2D eigenvalue weighted by Gasteiger charge is -2.11. The van der Waals surface area contributed by atoms with Gasteiger partial charge in [0.05, 0.1) is 10.6 Å². The monoisotopic (exact) mass is 312 g/mol. The summed E-state index contributed by atoms with van der Waals surface area (Å²) < 4.78 is 0. The highest BCUT2D eigenvalue weighted by atomic mass is 35.5. The molecule has 0 saturated heterocycles. The number of hydrogen-bond acceptors (Lipinski definition) is 2. The van der Waals surface area contributed by atoms with Gasteiger partial charge < -0.3 is 0 Å². The van der Waals surface area contributed by atoms with Gasteiger partial charge in [-0.3, -0.25) is 4.79 Å². The van der Waals surface area contributed by atoms with Crippen LogP contribution in [0.4, 0.5) is 0 Å². The zero-order valence-electron chi connectivity index (χ0n) is 11.3. The summed E-state index contributed by atoms with van der Waals surface area (Å²) in [5.74, 6) is -0.313. The maximum atomic E-state index is 12.1. The zero-order valence-corrected chi connectivity index (χ0v) is 12.8. The standard InChI is InChI=1S/C15H18Cl2N2O/c16-11-8-9-14(17)13(10-11)15(20)19-18-12-6-4-2-1-3-5-7-12/h8-10H,1-7H2,(H,19,20). The van der Waals surface area contributed by atoms with Gasteiger partial charge in [0.15, 0.2) is 0 Å². The Kier molecular flexibility index (Phi) is 5.86. The summed E-state index contributed by atoms with van der Waals surface area (Å²) in [7, 11) is 0. The van der Waals surface area contributed by atoms with Gasteiger partial charge in [-0.15, -0.1) is 0 Å². The van der Waals surface area contributed by atoms with Gasteiger partial charge in [-0.2, -0.15) is 5.10 Å². The SMILES string of the molecule is O=C(NN=C1CCCCCCC1)c1cc(Cl)ccc1Cl. The minimum atomic E-state index is -0.313. The van der Waals surface area contributed by atoms with E-state index in [-0.39, 0.29) is 5.91 Å². The molecule has 1 aromatic carbocycles. The molecular formula is C15H18Cl2N2O. The van der Waals surface area contributed by atoms with Crippen LogP contribution in [0, 0.1) is 0 Å². The van der Waals surface area contributed by atoms with Crippen LogP contribution in [0.25, 0.3) is 0 Å². The number of nitrogens with one attached hydrogen (secondary N) is 1. The van der Waals surface area contributed by atoms with Crippen LogP contribution in [0.3, 0.4) is 0 Å². The lowest BCUT2D eigenvalue weighted by molar-refractivity contribution is 0.0954. The van der Waals surface area contributed by atoms with Gasteiger partial charge in [0, 0.05) is 10.7 Å². The number of amides is 1. The molecule has 0 bridgehead atoms. The Morgan fingerprint density at radius 2 is 1.70 bits per heavy atom. The molecule has 0 aliphatic heterocycles. The second-order valence-electron chi connectivity index (χ2n) is 5.01. The molecule has 1 aliphatic rings. The average Bonchev–Trinajstić information content (AvgIpc) is 2.40. The third-order valence-electron chi connectivity index (χ3n) is 3.42. The van der Waals surface area contributed by atoms with Crippen LogP contribution in [0.15, 0.2) is 23.3 Å². The number of benzene rings is 1. The molecule has 1 aromatic rings. The van der Waals surface area contributed by atoms with Gasteiger partial charge in [-0.05, 0) is 43.9 Å². The van der Waals surface area contributed by atoms with Crippen molar-refractivity contribution in [3.8, 4) is 0 Å². The van der Waals surface area contributed by atoms with Crippen molar-refractivity contribution in [2.75, 3.05) is 0 Å². The summed E-state index contributed by atoms with van der Waals surface area (Å²) in [5, 5.41) is 5.11. The van der Waals surface area contributed by atoms with Crippen molar-refractivity contribution in [3.63, 3.8) is 0 Å². The third-order valence-corrected chi connectivity index (χ3v) is 3.98. The number of rotatable bonds is 2. The summed E-state index contributed by atoms with van der Waals surface area (Å²) in [4.78, 5) is 12.1. The first-order valence-corrected chi connectivity index (χ1v) is 7.73. The highest BCUT2D eigenvalue weighted by Gasteiger charge is 2.11. The number of carbonyl (C=O) groups excluding carboxylic acids is 1. The van der Waals surface area contributed by atoms with Gasteiger partial charge in [-0.1, -0.05) is 42.5 Å². The fourth-order valence-corrected chi connectivity index (χ4v) is 2.66. The number of hydrogen-bond donors (Lipinski definition) is 1. The summed E-state index contributed by atoms with van der Waals surface area (Å²) >= 11 is 11.9. The van der Waals surface area contributed by atoms with E-state index in [1.165, 1.54) is 19.3 Å². The topological polar surface area (TPSA) is 41.5 Å². The molecule has 108 valence electrons. The smallest absolute Gasteiger partial charge is 0.267 e. The van der Waals surface area contributed by atoms with Crippen LogP contribution < -0.4 is 5.43 Å². The molecule has 0 atom stereocenters. The largest absolute Gasteiger partial charge is 0.272 e. The van der Waals surface area contributed by atoms with Gasteiger partial charge >= 0.3 is 0 Å². The number of hydrazone groups is 1. The van der Waals surface area contributed by atoms with Crippen LogP contribution in [-0.2, 0) is 0 Å². The zero-order chi connectivity index (χ0) is 14.4. The van der Waals surface area contributed by atoms with E-state index in [4.69, 9.17) is 23.2 Å². The summed E-state index contributed by atoms with van der Waals surface area (Å²) in [5.41, 5.74) is 4.01. The predicted molar refractivity (Wildman–Crippen MR) is 83.7 cm³/mol. The Morgan fingerprint density at radius 1 is 1.05 bits per heavy atom. The van der Waals surface area contributed by atoms with Crippen LogP contribution in [-0.4, -0.2) is 11.6 Å². The van der Waals surface area contributed by atoms with Gasteiger partial charge in [-0.25, -0.2) is 5.43 Å². The molecule has 0 spiro atoms. The Bertz CT molecular complexity index is 505. The molecule has 1 amide bonds. The Hall–Kier alpha value is -1.06. The summed E-state index contributed by atoms with van der Waals surface area (Å²) in [6.07, 6.45) is 8.00. The van der Waals surface area contributed by atoms with E-state index in [1.807, 2.05) is 0 Å². The van der Waals surface area contributed by atoms with Crippen LogP contribution >= 0.6 is 23.2 Å². The van der Waals surface area contributed by atoms with Crippen molar-refractivity contribution < 1.29 is 4.79 Å². The molecule has 2 rings (SSSR count). The molecule has 3 nitrogen and oxygen atoms in total. The molecular weight excluding hydrogens is 295 g/mol. The fourth-order valence-electron chi connectivity index (χ4n) is 2.29. The van der Waals surface area contributed by atoms with Crippen LogP contribution in [0.5, 0.6) is 0 Å². The highest BCUT2D eigenvalue weighted by Crippen LogP contribution is 2.20. The molecule has 5 heteroatoms. The quantitative estimate of drug-likeness (QED) is 0.781. The molecule has 1 N–H and O–H groups in total. The van der Waals surface area contributed by atoms with E-state index in [2.05, 4.69) is 10.5 Å². The molecule has 1 aliphatic carbocycles. The van der Waals surface area contributed by atoms with Gasteiger partial charge in [0.1, 0.15) is 0 Å². The van der Waals surface area contributed by atoms with Crippen LogP contribution in [0.2, 0.25) is 10.0 Å². The maximum absolute atomic E-state index is 12.1. The van der Waals surface area contributed by atoms with Crippen LogP contribution in [0.1, 0.15) is 55.3 Å². The van der Waals surface area contributed by atoms with E-state index >= 15 is 0 Å². The normalized spacial score (nSPS) is 16.2. The van der Waals surface area contributed by atoms with Crippen molar-refractivity contribution in [2.45, 2.75) is 44.9 Å². The Labute approximate surface area is 129 Å². The van der Waals surface area contributed by atoms with Gasteiger partial charge in [0.2, 0.25) is 0 Å². The lowest BCUT2D eigenvalue weighted by Crippen LogP contribution is -2.20. The first-order chi connectivity index (χ1) is 9.66. The fraction of sp³-hybridized carbons (Fsp3) is 0.467. The van der Waals surface area contributed by atoms with Crippen molar-refractivity contribution in [1.82, 2.24) is 5.43 Å². The second kappa shape index (κ2) is 7.65. The van der Waals surface area contributed by atoms with E-state index in [1.54, 1.807) is 18.2 Å². The molecule has 1 fully saturated rings. The van der Waals surface area contributed by atoms with Crippen molar-refractivity contribution >= 4 is 34.8 Å². The second-order valence-corrected chi connectivity index (χ2v) is 5.85. The van der Waals surface area contributed by atoms with Gasteiger partial charge in [0.25, 0.3) is 5.91 Å². The number of nitrogens with zero attached hydrogens (tertiary/aromatic N) is 1. The molecule has 20 heavy (non-hydrogen) atoms. The van der Waals surface area contributed by atoms with E-state index in [0.717, 1.165) is 31.4 Å². The molecule has 1 saturated carbocycles. The van der Waals surface area contributed by atoms with E-state index < -0.39 is 0 Å². The van der Waals surface area contributed by atoms with E-state index in [9.17, 15) is 4.79 Å². The van der Waals surface area contributed by atoms with Crippen molar-refractivity contribution in [2.24, 2.45) is 5.10 Å². The predicted octanol–water partition coefficient (Wildman–Crippen LogP) is 4.82. The third kappa shape index (κ3) is 4.50. The first kappa shape index (κ1) is 15.3. The maximum Gasteiger partial charge on any atom is 0.272 e. The highest BCUT2D eigenvalue weighted by molar-refractivity contribution is 6.35. The molecule has 0 radical (unpaired) electrons. The minimum Gasteiger partial charge on any atom is -0.267 e. The lowest BCUT2D eigenvalue weighted by atomic mass is 9.99. The summed E-state index contributed by atoms with van der Waals surface area (Å²) in [6, 6.07) is 4.82. The molecule has 0 unspecified atom stereocenters. The number of carbonyl (C=O) groups is 1. The average molecular weight is 313 g/mol. The number of halogens is 2. The summed E-state index contributed by atoms with van der Waals surface area (Å²) in [6.45, 7) is 0. The Morgan fingerprint density at radius 3 is 2.40 bits per heavy atom. The van der Waals surface area contributed by atoms with E-state index in [0.29, 0.717) is 15.6 Å².